The number of carbonyl (C=O) groups is 1. The number of nitrogens with zero attached hydrogens (tertiary/aromatic N) is 1. The van der Waals surface area contributed by atoms with Gasteiger partial charge in [-0.25, -0.2) is 0 Å². The molecule has 1 rings (SSSR count). The average Bonchev–Trinajstić information content (AvgIpc) is 3.17. The second-order valence-electron chi connectivity index (χ2n) is 4.99. The van der Waals surface area contributed by atoms with Crippen molar-refractivity contribution in [3.63, 3.8) is 0 Å². The summed E-state index contributed by atoms with van der Waals surface area (Å²) in [5.74, 6) is -0.0978. The van der Waals surface area contributed by atoms with Crippen molar-refractivity contribution in [2.75, 3.05) is 26.2 Å². The highest BCUT2D eigenvalue weighted by atomic mass is 16.5. The largest absolute Gasteiger partial charge is 0.465 e. The highest BCUT2D eigenvalue weighted by Crippen LogP contribution is 2.19. The molecule has 1 N–H and O–H groups in total. The van der Waals surface area contributed by atoms with Crippen molar-refractivity contribution in [1.82, 2.24) is 10.2 Å². The molecular formula is C14H28N2O2. The lowest BCUT2D eigenvalue weighted by Gasteiger charge is -2.26. The van der Waals surface area contributed by atoms with Crippen molar-refractivity contribution in [2.24, 2.45) is 0 Å². The Bertz CT molecular complexity index is 242. The summed E-state index contributed by atoms with van der Waals surface area (Å²) in [5.41, 5.74) is 0. The molecule has 0 amide bonds. The summed E-state index contributed by atoms with van der Waals surface area (Å²) < 4.78 is 5.15. The van der Waals surface area contributed by atoms with Crippen LogP contribution in [0.5, 0.6) is 0 Å². The van der Waals surface area contributed by atoms with Gasteiger partial charge in [0.15, 0.2) is 0 Å². The minimum Gasteiger partial charge on any atom is -0.465 e. The Labute approximate surface area is 111 Å². The van der Waals surface area contributed by atoms with Gasteiger partial charge >= 0.3 is 5.97 Å². The number of carbonyl (C=O) groups excluding carboxylic acids is 1. The van der Waals surface area contributed by atoms with Crippen molar-refractivity contribution in [1.29, 1.82) is 0 Å². The molecule has 0 aliphatic heterocycles. The Hall–Kier alpha value is -0.610. The molecule has 1 fully saturated rings. The number of nitrogens with one attached hydrogen (secondary N) is 1. The van der Waals surface area contributed by atoms with E-state index in [1.54, 1.807) is 0 Å². The van der Waals surface area contributed by atoms with Gasteiger partial charge in [0.2, 0.25) is 0 Å². The summed E-state index contributed by atoms with van der Waals surface area (Å²) in [7, 11) is 0. The fourth-order valence-electron chi connectivity index (χ4n) is 1.99. The smallest absolute Gasteiger partial charge is 0.324 e. The van der Waals surface area contributed by atoms with Crippen LogP contribution in [-0.4, -0.2) is 49.2 Å². The van der Waals surface area contributed by atoms with Crippen molar-refractivity contribution < 1.29 is 9.53 Å². The molecular weight excluding hydrogens is 228 g/mol. The molecule has 0 bridgehead atoms. The van der Waals surface area contributed by atoms with Crippen LogP contribution in [-0.2, 0) is 9.53 Å². The van der Waals surface area contributed by atoms with E-state index >= 15 is 0 Å². The Morgan fingerprint density at radius 1 is 1.39 bits per heavy atom. The van der Waals surface area contributed by atoms with Crippen molar-refractivity contribution in [3.05, 3.63) is 0 Å². The van der Waals surface area contributed by atoms with Gasteiger partial charge in [-0.2, -0.15) is 0 Å². The van der Waals surface area contributed by atoms with Crippen LogP contribution in [0, 0.1) is 0 Å². The number of esters is 1. The Morgan fingerprint density at radius 2 is 2.11 bits per heavy atom. The summed E-state index contributed by atoms with van der Waals surface area (Å²) in [6.07, 6.45) is 4.76. The molecule has 0 heterocycles. The second kappa shape index (κ2) is 8.48. The monoisotopic (exact) mass is 256 g/mol. The molecule has 1 saturated carbocycles. The van der Waals surface area contributed by atoms with E-state index in [1.165, 1.54) is 25.7 Å². The highest BCUT2D eigenvalue weighted by molar-refractivity contribution is 5.76. The van der Waals surface area contributed by atoms with Gasteiger partial charge in [-0.1, -0.05) is 20.3 Å². The molecule has 0 radical (unpaired) electrons. The van der Waals surface area contributed by atoms with Gasteiger partial charge < -0.3 is 15.0 Å². The summed E-state index contributed by atoms with van der Waals surface area (Å²) in [5, 5.41) is 3.40. The minimum atomic E-state index is -0.158. The summed E-state index contributed by atoms with van der Waals surface area (Å²) in [6.45, 7) is 9.49. The number of likely N-dealkylation sites (N-methyl/N-ethyl adjacent to an activating group) is 1. The van der Waals surface area contributed by atoms with E-state index in [2.05, 4.69) is 24.1 Å². The summed E-state index contributed by atoms with van der Waals surface area (Å²) in [4.78, 5) is 14.3. The van der Waals surface area contributed by atoms with Crippen molar-refractivity contribution >= 4 is 5.97 Å². The first-order chi connectivity index (χ1) is 8.71. The SMILES string of the molecule is CCCCN(CC)CC(NC1CC1)C(=O)OCC. The number of hydrogen-bond acceptors (Lipinski definition) is 4. The van der Waals surface area contributed by atoms with E-state index < -0.39 is 0 Å². The predicted octanol–water partition coefficient (Wildman–Crippen LogP) is 1.79. The molecule has 1 aliphatic carbocycles. The lowest BCUT2D eigenvalue weighted by molar-refractivity contribution is -0.146. The predicted molar refractivity (Wildman–Crippen MR) is 73.6 cm³/mol. The van der Waals surface area contributed by atoms with Gasteiger partial charge in [-0.05, 0) is 39.3 Å². The normalized spacial score (nSPS) is 16.9. The lowest BCUT2D eigenvalue weighted by Crippen LogP contribution is -2.48. The van der Waals surface area contributed by atoms with Crippen LogP contribution in [0.15, 0.2) is 0 Å². The summed E-state index contributed by atoms with van der Waals surface area (Å²) >= 11 is 0. The fraction of sp³-hybridized carbons (Fsp3) is 0.929. The third kappa shape index (κ3) is 5.83. The van der Waals surface area contributed by atoms with Gasteiger partial charge in [0.1, 0.15) is 6.04 Å². The van der Waals surface area contributed by atoms with E-state index in [1.807, 2.05) is 6.92 Å². The molecule has 1 atom stereocenters. The maximum Gasteiger partial charge on any atom is 0.324 e. The van der Waals surface area contributed by atoms with Gasteiger partial charge in [-0.3, -0.25) is 4.79 Å². The Morgan fingerprint density at radius 3 is 2.61 bits per heavy atom. The van der Waals surface area contributed by atoms with Gasteiger partial charge in [0.25, 0.3) is 0 Å². The maximum absolute atomic E-state index is 11.9. The van der Waals surface area contributed by atoms with Crippen LogP contribution in [0.1, 0.15) is 46.5 Å². The molecule has 0 aromatic carbocycles. The van der Waals surface area contributed by atoms with E-state index in [4.69, 9.17) is 4.74 Å². The topological polar surface area (TPSA) is 41.6 Å². The molecule has 0 aromatic heterocycles. The van der Waals surface area contributed by atoms with E-state index in [0.717, 1.165) is 19.6 Å². The summed E-state index contributed by atoms with van der Waals surface area (Å²) in [6, 6.07) is 0.374. The lowest BCUT2D eigenvalue weighted by atomic mass is 10.2. The maximum atomic E-state index is 11.9. The Kier molecular flexibility index (Phi) is 7.28. The molecule has 18 heavy (non-hydrogen) atoms. The third-order valence-corrected chi connectivity index (χ3v) is 3.30. The van der Waals surface area contributed by atoms with Crippen LogP contribution in [0.4, 0.5) is 0 Å². The first-order valence-corrected chi connectivity index (χ1v) is 7.36. The van der Waals surface area contributed by atoms with E-state index in [9.17, 15) is 4.79 Å². The zero-order valence-corrected chi connectivity index (χ0v) is 12.1. The average molecular weight is 256 g/mol. The van der Waals surface area contributed by atoms with Crippen molar-refractivity contribution in [3.8, 4) is 0 Å². The molecule has 1 aliphatic rings. The number of hydrogen-bond donors (Lipinski definition) is 1. The van der Waals surface area contributed by atoms with Gasteiger partial charge in [0.05, 0.1) is 6.61 Å². The first kappa shape index (κ1) is 15.4. The van der Waals surface area contributed by atoms with Gasteiger partial charge in [0, 0.05) is 12.6 Å². The van der Waals surface area contributed by atoms with Crippen LogP contribution in [0.2, 0.25) is 0 Å². The number of unbranched alkanes of at least 4 members (excludes halogenated alkanes) is 1. The molecule has 1 unspecified atom stereocenters. The standard InChI is InChI=1S/C14H28N2O2/c1-4-7-10-16(5-2)11-13(14(17)18-6-3)15-12-8-9-12/h12-13,15H,4-11H2,1-3H3. The quantitative estimate of drug-likeness (QED) is 0.605. The molecule has 0 spiro atoms. The number of ether oxygens (including phenoxy) is 1. The second-order valence-corrected chi connectivity index (χ2v) is 4.99. The molecule has 106 valence electrons. The van der Waals surface area contributed by atoms with Crippen LogP contribution >= 0.6 is 0 Å². The Balaban J connectivity index is 2.43. The molecule has 0 saturated heterocycles. The highest BCUT2D eigenvalue weighted by Gasteiger charge is 2.30. The zero-order chi connectivity index (χ0) is 13.4. The van der Waals surface area contributed by atoms with Crippen LogP contribution in [0.3, 0.4) is 0 Å². The molecule has 4 heteroatoms. The molecule has 0 aromatic rings. The van der Waals surface area contributed by atoms with Crippen LogP contribution < -0.4 is 5.32 Å². The van der Waals surface area contributed by atoms with E-state index in [0.29, 0.717) is 12.6 Å². The minimum absolute atomic E-state index is 0.0978. The fourth-order valence-corrected chi connectivity index (χ4v) is 1.99. The van der Waals surface area contributed by atoms with Gasteiger partial charge in [-0.15, -0.1) is 0 Å². The third-order valence-electron chi connectivity index (χ3n) is 3.30. The van der Waals surface area contributed by atoms with Crippen LogP contribution in [0.25, 0.3) is 0 Å². The zero-order valence-electron chi connectivity index (χ0n) is 12.1. The first-order valence-electron chi connectivity index (χ1n) is 7.36. The van der Waals surface area contributed by atoms with E-state index in [-0.39, 0.29) is 12.0 Å². The number of rotatable bonds is 10. The molecule has 4 nitrogen and oxygen atoms in total. The van der Waals surface area contributed by atoms with Crippen molar-refractivity contribution in [2.45, 2.75) is 58.5 Å².